The first-order chi connectivity index (χ1) is 8.17. The zero-order valence-corrected chi connectivity index (χ0v) is 11.8. The van der Waals surface area contributed by atoms with Crippen LogP contribution in [0.1, 0.15) is 20.8 Å². The van der Waals surface area contributed by atoms with E-state index < -0.39 is 11.5 Å². The van der Waals surface area contributed by atoms with Gasteiger partial charge in [0.2, 0.25) is 0 Å². The summed E-state index contributed by atoms with van der Waals surface area (Å²) in [6.45, 7) is 7.21. The van der Waals surface area contributed by atoms with E-state index in [1.165, 1.54) is 18.7 Å². The normalized spacial score (nSPS) is 21.8. The predicted octanol–water partition coefficient (Wildman–Crippen LogP) is 0.537. The Hall–Kier alpha value is -1.30. The van der Waals surface area contributed by atoms with Crippen LogP contribution in [0.5, 0.6) is 0 Å². The second-order valence-corrected chi connectivity index (χ2v) is 5.48. The third-order valence-corrected chi connectivity index (χ3v) is 3.88. The van der Waals surface area contributed by atoms with Crippen LogP contribution >= 0.6 is 0 Å². The fraction of sp³-hybridized carbons (Fsp3) is 0.833. The van der Waals surface area contributed by atoms with Gasteiger partial charge in [0.15, 0.2) is 0 Å². The highest BCUT2D eigenvalue weighted by Gasteiger charge is 2.38. The van der Waals surface area contributed by atoms with Gasteiger partial charge in [-0.1, -0.05) is 0 Å². The molecule has 0 bridgehead atoms. The minimum Gasteiger partial charge on any atom is -0.480 e. The Balaban J connectivity index is 2.73. The van der Waals surface area contributed by atoms with E-state index in [4.69, 9.17) is 5.11 Å². The summed E-state index contributed by atoms with van der Waals surface area (Å²) < 4.78 is 0. The highest BCUT2D eigenvalue weighted by Crippen LogP contribution is 2.17. The van der Waals surface area contributed by atoms with E-state index in [0.29, 0.717) is 19.1 Å². The number of hydrogen-bond donors (Lipinski definition) is 1. The van der Waals surface area contributed by atoms with Gasteiger partial charge in [-0.3, -0.25) is 0 Å². The highest BCUT2D eigenvalue weighted by molar-refractivity contribution is 5.85. The first kappa shape index (κ1) is 14.8. The van der Waals surface area contributed by atoms with Gasteiger partial charge < -0.3 is 19.8 Å². The molecule has 1 aliphatic heterocycles. The van der Waals surface area contributed by atoms with Gasteiger partial charge in [-0.05, 0) is 27.8 Å². The monoisotopic (exact) mass is 257 g/mol. The van der Waals surface area contributed by atoms with Crippen LogP contribution in [0.25, 0.3) is 0 Å². The van der Waals surface area contributed by atoms with E-state index in [9.17, 15) is 9.59 Å². The molecule has 0 radical (unpaired) electrons. The number of carboxylic acid groups (broad SMARTS) is 1. The van der Waals surface area contributed by atoms with E-state index in [1.807, 2.05) is 7.05 Å². The molecule has 0 aromatic carbocycles. The van der Waals surface area contributed by atoms with Crippen molar-refractivity contribution in [2.75, 3.05) is 33.7 Å². The lowest BCUT2D eigenvalue weighted by atomic mass is 10.0. The largest absolute Gasteiger partial charge is 0.480 e. The molecule has 6 nitrogen and oxygen atoms in total. The van der Waals surface area contributed by atoms with Crippen molar-refractivity contribution in [1.82, 2.24) is 14.7 Å². The Morgan fingerprint density at radius 2 is 1.89 bits per heavy atom. The molecule has 0 saturated carbocycles. The molecule has 1 fully saturated rings. The zero-order valence-electron chi connectivity index (χ0n) is 11.8. The van der Waals surface area contributed by atoms with Crippen molar-refractivity contribution in [2.24, 2.45) is 0 Å². The molecule has 1 N–H and O–H groups in total. The second kappa shape index (κ2) is 5.14. The van der Waals surface area contributed by atoms with Gasteiger partial charge >= 0.3 is 12.0 Å². The number of carbonyl (C=O) groups is 2. The molecule has 6 heteroatoms. The fourth-order valence-electron chi connectivity index (χ4n) is 1.82. The van der Waals surface area contributed by atoms with E-state index in [0.717, 1.165) is 6.54 Å². The van der Waals surface area contributed by atoms with Crippen LogP contribution in [0.4, 0.5) is 4.79 Å². The predicted molar refractivity (Wildman–Crippen MR) is 68.5 cm³/mol. The van der Waals surface area contributed by atoms with Crippen molar-refractivity contribution < 1.29 is 14.7 Å². The first-order valence-corrected chi connectivity index (χ1v) is 6.14. The topological polar surface area (TPSA) is 64.1 Å². The average molecular weight is 257 g/mol. The number of aliphatic carboxylic acids is 1. The van der Waals surface area contributed by atoms with Crippen molar-refractivity contribution >= 4 is 12.0 Å². The van der Waals surface area contributed by atoms with Crippen LogP contribution in [-0.4, -0.2) is 77.1 Å². The Bertz CT molecular complexity index is 343. The Kier molecular flexibility index (Phi) is 4.21. The summed E-state index contributed by atoms with van der Waals surface area (Å²) in [6.07, 6.45) is 0. The van der Waals surface area contributed by atoms with Crippen LogP contribution in [0.3, 0.4) is 0 Å². The van der Waals surface area contributed by atoms with Gasteiger partial charge in [0, 0.05) is 32.7 Å². The van der Waals surface area contributed by atoms with Crippen molar-refractivity contribution in [3.05, 3.63) is 0 Å². The minimum atomic E-state index is -1.19. The first-order valence-electron chi connectivity index (χ1n) is 6.14. The maximum atomic E-state index is 12.3. The number of hydrogen-bond acceptors (Lipinski definition) is 3. The number of carboxylic acids is 1. The minimum absolute atomic E-state index is 0.220. The van der Waals surface area contributed by atoms with Gasteiger partial charge in [-0.25, -0.2) is 9.59 Å². The standard InChI is InChI=1S/C12H23N3O3/c1-9-8-15(7-6-13(9)4)11(18)14(5)12(2,3)10(16)17/h9H,6-8H2,1-5H3,(H,16,17). The van der Waals surface area contributed by atoms with Gasteiger partial charge in [0.25, 0.3) is 0 Å². The van der Waals surface area contributed by atoms with Crippen LogP contribution in [0.2, 0.25) is 0 Å². The van der Waals surface area contributed by atoms with Crippen LogP contribution in [0, 0.1) is 0 Å². The second-order valence-electron chi connectivity index (χ2n) is 5.48. The summed E-state index contributed by atoms with van der Waals surface area (Å²) in [6, 6.07) is 0.0754. The van der Waals surface area contributed by atoms with E-state index in [-0.39, 0.29) is 6.03 Å². The zero-order chi connectivity index (χ0) is 14.1. The number of rotatable bonds is 2. The molecule has 1 rings (SSSR count). The molecule has 0 spiro atoms. The highest BCUT2D eigenvalue weighted by atomic mass is 16.4. The molecular formula is C12H23N3O3. The molecule has 0 aromatic heterocycles. The summed E-state index contributed by atoms with van der Waals surface area (Å²) in [7, 11) is 3.57. The Morgan fingerprint density at radius 1 is 1.33 bits per heavy atom. The van der Waals surface area contributed by atoms with Crippen molar-refractivity contribution in [1.29, 1.82) is 0 Å². The average Bonchev–Trinajstić information content (AvgIpc) is 2.30. The van der Waals surface area contributed by atoms with Gasteiger partial charge in [-0.15, -0.1) is 0 Å². The Labute approximate surface area is 108 Å². The van der Waals surface area contributed by atoms with E-state index >= 15 is 0 Å². The van der Waals surface area contributed by atoms with Crippen molar-refractivity contribution in [2.45, 2.75) is 32.4 Å². The molecule has 1 saturated heterocycles. The summed E-state index contributed by atoms with van der Waals surface area (Å²) in [5, 5.41) is 9.13. The smallest absolute Gasteiger partial charge is 0.329 e. The summed E-state index contributed by atoms with van der Waals surface area (Å²) >= 11 is 0. The van der Waals surface area contributed by atoms with Crippen molar-refractivity contribution in [3.8, 4) is 0 Å². The molecule has 2 amide bonds. The van der Waals surface area contributed by atoms with Crippen LogP contribution < -0.4 is 0 Å². The maximum absolute atomic E-state index is 12.3. The number of amides is 2. The lowest BCUT2D eigenvalue weighted by molar-refractivity contribution is -0.147. The molecule has 0 aliphatic carbocycles. The molecule has 1 atom stereocenters. The quantitative estimate of drug-likeness (QED) is 0.784. The van der Waals surface area contributed by atoms with E-state index in [2.05, 4.69) is 11.8 Å². The van der Waals surface area contributed by atoms with Crippen LogP contribution in [0.15, 0.2) is 0 Å². The molecular weight excluding hydrogens is 234 g/mol. The maximum Gasteiger partial charge on any atom is 0.329 e. The molecule has 1 aliphatic rings. The molecule has 18 heavy (non-hydrogen) atoms. The van der Waals surface area contributed by atoms with Crippen molar-refractivity contribution in [3.63, 3.8) is 0 Å². The third kappa shape index (κ3) is 2.75. The SMILES string of the molecule is CC1CN(C(=O)N(C)C(C)(C)C(=O)O)CCN1C. The molecule has 1 heterocycles. The number of piperazine rings is 1. The lowest BCUT2D eigenvalue weighted by Gasteiger charge is -2.41. The molecule has 104 valence electrons. The molecule has 0 aromatic rings. The van der Waals surface area contributed by atoms with E-state index in [1.54, 1.807) is 11.9 Å². The molecule has 1 unspecified atom stereocenters. The number of carbonyl (C=O) groups excluding carboxylic acids is 1. The van der Waals surface area contributed by atoms with Crippen LogP contribution in [-0.2, 0) is 4.79 Å². The Morgan fingerprint density at radius 3 is 2.33 bits per heavy atom. The van der Waals surface area contributed by atoms with Gasteiger partial charge in [-0.2, -0.15) is 0 Å². The van der Waals surface area contributed by atoms with Gasteiger partial charge in [0.05, 0.1) is 0 Å². The fourth-order valence-corrected chi connectivity index (χ4v) is 1.82. The summed E-state index contributed by atoms with van der Waals surface area (Å²) in [4.78, 5) is 28.6. The van der Waals surface area contributed by atoms with Gasteiger partial charge in [0.1, 0.15) is 5.54 Å². The third-order valence-electron chi connectivity index (χ3n) is 3.88. The number of urea groups is 1. The summed E-state index contributed by atoms with van der Waals surface area (Å²) in [5.41, 5.74) is -1.19. The lowest BCUT2D eigenvalue weighted by Crippen LogP contribution is -2.59. The number of likely N-dealkylation sites (N-methyl/N-ethyl adjacent to an activating group) is 2. The number of nitrogens with zero attached hydrogens (tertiary/aromatic N) is 3. The summed E-state index contributed by atoms with van der Waals surface area (Å²) in [5.74, 6) is -1.000.